The van der Waals surface area contributed by atoms with Crippen molar-refractivity contribution >= 4 is 0 Å². The lowest BCUT2D eigenvalue weighted by molar-refractivity contribution is -0.372. The van der Waals surface area contributed by atoms with Crippen molar-refractivity contribution in [1.82, 2.24) is 10.1 Å². The van der Waals surface area contributed by atoms with Crippen molar-refractivity contribution in [2.75, 3.05) is 13.1 Å². The maximum atomic E-state index is 6.34. The molecular weight excluding hydrogens is 236 g/mol. The van der Waals surface area contributed by atoms with Crippen LogP contribution in [0.4, 0.5) is 0 Å². The van der Waals surface area contributed by atoms with E-state index in [1.807, 2.05) is 0 Å². The molecule has 0 radical (unpaired) electrons. The molecule has 0 aromatic rings. The molecule has 2 heterocycles. The van der Waals surface area contributed by atoms with Crippen LogP contribution in [0.25, 0.3) is 0 Å². The minimum Gasteiger partial charge on any atom is -0.207 e. The first-order valence-electron chi connectivity index (χ1n) is 7.65. The number of nitrogens with zero attached hydrogens (tertiary/aromatic N) is 2. The molecule has 0 aromatic heterocycles. The topological polar surface area (TPSA) is 15.7 Å². The predicted octanol–water partition coefficient (Wildman–Crippen LogP) is 3.85. The first-order chi connectivity index (χ1) is 8.42. The minimum absolute atomic E-state index is 0.0792. The Morgan fingerprint density at radius 3 is 1.16 bits per heavy atom. The summed E-state index contributed by atoms with van der Waals surface area (Å²) in [4.78, 5) is 6.34. The van der Waals surface area contributed by atoms with Crippen LogP contribution in [0.3, 0.4) is 0 Å². The normalized spacial score (nSPS) is 32.8. The first kappa shape index (κ1) is 15.3. The van der Waals surface area contributed by atoms with Gasteiger partial charge in [-0.3, -0.25) is 0 Å². The zero-order chi connectivity index (χ0) is 14.7. The van der Waals surface area contributed by atoms with E-state index < -0.39 is 0 Å². The second kappa shape index (κ2) is 4.19. The third kappa shape index (κ3) is 2.14. The van der Waals surface area contributed by atoms with E-state index in [2.05, 4.69) is 65.5 Å². The van der Waals surface area contributed by atoms with E-state index in [4.69, 9.17) is 4.94 Å². The quantitative estimate of drug-likeness (QED) is 0.756. The van der Waals surface area contributed by atoms with E-state index in [9.17, 15) is 0 Å². The highest BCUT2D eigenvalue weighted by Gasteiger charge is 2.53. The van der Waals surface area contributed by atoms with Gasteiger partial charge in [-0.15, -0.1) is 0 Å². The Hall–Kier alpha value is -0.120. The molecule has 0 aliphatic carbocycles. The smallest absolute Gasteiger partial charge is 0.0477 e. The summed E-state index contributed by atoms with van der Waals surface area (Å²) >= 11 is 0. The van der Waals surface area contributed by atoms with E-state index in [0.29, 0.717) is 10.8 Å². The van der Waals surface area contributed by atoms with Crippen LogP contribution in [-0.2, 0) is 4.94 Å². The molecule has 3 nitrogen and oxygen atoms in total. The number of rotatable bonds is 2. The fourth-order valence-electron chi connectivity index (χ4n) is 3.01. The highest BCUT2D eigenvalue weighted by atomic mass is 16.8. The third-order valence-electron chi connectivity index (χ3n) is 6.64. The Morgan fingerprint density at radius 1 is 0.632 bits per heavy atom. The summed E-state index contributed by atoms with van der Waals surface area (Å²) in [7, 11) is 0. The van der Waals surface area contributed by atoms with Crippen molar-refractivity contribution in [3.8, 4) is 0 Å². The maximum absolute atomic E-state index is 6.34. The molecule has 112 valence electrons. The zero-order valence-corrected chi connectivity index (χ0v) is 14.1. The summed E-state index contributed by atoms with van der Waals surface area (Å²) in [6, 6.07) is 0. The SMILES string of the molecule is CC1(C)CCN(ON2CCC(C)(C)C2(C)C)C1(C)C. The number of hydrogen-bond acceptors (Lipinski definition) is 3. The van der Waals surface area contributed by atoms with Crippen molar-refractivity contribution in [3.05, 3.63) is 0 Å². The lowest BCUT2D eigenvalue weighted by atomic mass is 9.76. The van der Waals surface area contributed by atoms with Crippen LogP contribution in [0, 0.1) is 10.8 Å². The Kier molecular flexibility index (Phi) is 3.37. The van der Waals surface area contributed by atoms with Gasteiger partial charge in [0.15, 0.2) is 0 Å². The summed E-state index contributed by atoms with van der Waals surface area (Å²) < 4.78 is 0. The van der Waals surface area contributed by atoms with Gasteiger partial charge in [-0.1, -0.05) is 27.7 Å². The average Bonchev–Trinajstić information content (AvgIpc) is 2.56. The molecule has 0 spiro atoms. The monoisotopic (exact) mass is 268 g/mol. The Balaban J connectivity index is 2.12. The molecule has 0 N–H and O–H groups in total. The first-order valence-corrected chi connectivity index (χ1v) is 7.65. The van der Waals surface area contributed by atoms with E-state index in [1.54, 1.807) is 0 Å². The molecule has 2 fully saturated rings. The molecule has 19 heavy (non-hydrogen) atoms. The third-order valence-corrected chi connectivity index (χ3v) is 6.64. The van der Waals surface area contributed by atoms with Crippen LogP contribution in [0.15, 0.2) is 0 Å². The molecule has 0 aromatic carbocycles. The fraction of sp³-hybridized carbons (Fsp3) is 1.00. The van der Waals surface area contributed by atoms with Crippen molar-refractivity contribution in [2.45, 2.75) is 79.3 Å². The van der Waals surface area contributed by atoms with Gasteiger partial charge in [0.05, 0.1) is 0 Å². The molecule has 2 rings (SSSR count). The molecule has 0 bridgehead atoms. The maximum Gasteiger partial charge on any atom is 0.0477 e. The molecule has 0 unspecified atom stereocenters. The highest BCUT2D eigenvalue weighted by molar-refractivity contribution is 5.00. The predicted molar refractivity (Wildman–Crippen MR) is 79.5 cm³/mol. The van der Waals surface area contributed by atoms with Gasteiger partial charge in [-0.2, -0.15) is 10.1 Å². The molecule has 0 saturated carbocycles. The fourth-order valence-corrected chi connectivity index (χ4v) is 3.01. The summed E-state index contributed by atoms with van der Waals surface area (Å²) in [5.41, 5.74) is 0.754. The molecule has 2 aliphatic rings. The average molecular weight is 268 g/mol. The lowest BCUT2D eigenvalue weighted by Crippen LogP contribution is -2.54. The van der Waals surface area contributed by atoms with Crippen LogP contribution < -0.4 is 0 Å². The second-order valence-corrected chi connectivity index (χ2v) is 8.67. The minimum atomic E-state index is 0.0792. The second-order valence-electron chi connectivity index (χ2n) is 8.67. The summed E-state index contributed by atoms with van der Waals surface area (Å²) in [6.45, 7) is 20.6. The van der Waals surface area contributed by atoms with Gasteiger partial charge in [-0.25, -0.2) is 4.94 Å². The Morgan fingerprint density at radius 2 is 0.947 bits per heavy atom. The van der Waals surface area contributed by atoms with Gasteiger partial charge in [-0.05, 0) is 51.4 Å². The van der Waals surface area contributed by atoms with E-state index in [0.717, 1.165) is 13.1 Å². The van der Waals surface area contributed by atoms with Gasteiger partial charge in [0.2, 0.25) is 0 Å². The van der Waals surface area contributed by atoms with E-state index >= 15 is 0 Å². The van der Waals surface area contributed by atoms with Crippen molar-refractivity contribution in [3.63, 3.8) is 0 Å². The Labute approximate surface area is 119 Å². The van der Waals surface area contributed by atoms with Crippen LogP contribution >= 0.6 is 0 Å². The molecule has 0 atom stereocenters. The van der Waals surface area contributed by atoms with Crippen molar-refractivity contribution < 1.29 is 4.94 Å². The van der Waals surface area contributed by atoms with Gasteiger partial charge in [0, 0.05) is 24.2 Å². The van der Waals surface area contributed by atoms with Crippen LogP contribution in [0.5, 0.6) is 0 Å². The lowest BCUT2D eigenvalue weighted by Gasteiger charge is -2.45. The molecular formula is C16H32N2O. The zero-order valence-electron chi connectivity index (χ0n) is 14.1. The van der Waals surface area contributed by atoms with Crippen LogP contribution in [0.2, 0.25) is 0 Å². The van der Waals surface area contributed by atoms with Gasteiger partial charge in [0.1, 0.15) is 0 Å². The largest absolute Gasteiger partial charge is 0.207 e. The molecule has 0 amide bonds. The number of hydrogen-bond donors (Lipinski definition) is 0. The van der Waals surface area contributed by atoms with E-state index in [1.165, 1.54) is 12.8 Å². The Bertz CT molecular complexity index is 324. The molecule has 3 heteroatoms. The van der Waals surface area contributed by atoms with E-state index in [-0.39, 0.29) is 11.1 Å². The molecule has 2 saturated heterocycles. The number of hydroxylamine groups is 4. The van der Waals surface area contributed by atoms with Crippen molar-refractivity contribution in [1.29, 1.82) is 0 Å². The summed E-state index contributed by atoms with van der Waals surface area (Å²) in [5, 5.41) is 4.41. The van der Waals surface area contributed by atoms with Crippen LogP contribution in [0.1, 0.15) is 68.2 Å². The highest BCUT2D eigenvalue weighted by Crippen LogP contribution is 2.48. The van der Waals surface area contributed by atoms with Gasteiger partial charge in [0.25, 0.3) is 0 Å². The summed E-state index contributed by atoms with van der Waals surface area (Å²) in [6.07, 6.45) is 2.38. The summed E-state index contributed by atoms with van der Waals surface area (Å²) in [5.74, 6) is 0. The standard InChI is InChI=1S/C16H32N2O/c1-13(2)9-11-17(15(13,5)6)19-18-12-10-14(3,4)16(18,7)8/h9-12H2,1-8H3. The van der Waals surface area contributed by atoms with Gasteiger partial charge < -0.3 is 0 Å². The van der Waals surface area contributed by atoms with Crippen LogP contribution in [-0.4, -0.2) is 34.3 Å². The van der Waals surface area contributed by atoms with Gasteiger partial charge >= 0.3 is 0 Å². The molecule has 2 aliphatic heterocycles. The van der Waals surface area contributed by atoms with Crippen molar-refractivity contribution in [2.24, 2.45) is 10.8 Å².